The van der Waals surface area contributed by atoms with E-state index >= 15 is 0 Å². The SMILES string of the molecule is COC(=O)C(=O)Cc1ccc(OC)c(O)c1. The summed E-state index contributed by atoms with van der Waals surface area (Å²) in [4.78, 5) is 22.1. The number of phenolic OH excluding ortho intramolecular Hbond substituents is 1. The Kier molecular flexibility index (Phi) is 3.88. The van der Waals surface area contributed by atoms with Crippen molar-refractivity contribution >= 4 is 11.8 Å². The number of benzene rings is 1. The second-order valence-electron chi connectivity index (χ2n) is 3.10. The quantitative estimate of drug-likeness (QED) is 0.601. The number of carbonyl (C=O) groups excluding carboxylic acids is 2. The lowest BCUT2D eigenvalue weighted by atomic mass is 10.1. The Hall–Kier alpha value is -2.04. The molecular formula is C11H12O5. The lowest BCUT2D eigenvalue weighted by Gasteiger charge is -2.05. The number of phenols is 1. The summed E-state index contributed by atoms with van der Waals surface area (Å²) in [7, 11) is 2.57. The van der Waals surface area contributed by atoms with Crippen molar-refractivity contribution in [2.45, 2.75) is 6.42 Å². The summed E-state index contributed by atoms with van der Waals surface area (Å²) < 4.78 is 9.13. The maximum Gasteiger partial charge on any atom is 0.374 e. The zero-order valence-electron chi connectivity index (χ0n) is 9.02. The molecule has 16 heavy (non-hydrogen) atoms. The molecule has 0 saturated carbocycles. The van der Waals surface area contributed by atoms with Crippen LogP contribution in [0.1, 0.15) is 5.56 Å². The number of ketones is 1. The van der Waals surface area contributed by atoms with Gasteiger partial charge in [-0.3, -0.25) is 4.79 Å². The minimum absolute atomic E-state index is 0.0716. The first kappa shape index (κ1) is 12.0. The molecule has 1 aromatic carbocycles. The number of Topliss-reactive ketones (excluding diaryl/α,β-unsaturated/α-hetero) is 1. The van der Waals surface area contributed by atoms with Crippen molar-refractivity contribution in [2.24, 2.45) is 0 Å². The summed E-state index contributed by atoms with van der Waals surface area (Å²) in [6, 6.07) is 4.49. The molecule has 1 aromatic rings. The maximum atomic E-state index is 11.2. The van der Waals surface area contributed by atoms with Gasteiger partial charge in [-0.1, -0.05) is 6.07 Å². The van der Waals surface area contributed by atoms with E-state index in [1.807, 2.05) is 0 Å². The van der Waals surface area contributed by atoms with Crippen molar-refractivity contribution in [1.82, 2.24) is 0 Å². The van der Waals surface area contributed by atoms with E-state index in [0.29, 0.717) is 11.3 Å². The molecule has 0 saturated heterocycles. The molecule has 0 aliphatic rings. The fourth-order valence-electron chi connectivity index (χ4n) is 1.22. The van der Waals surface area contributed by atoms with E-state index in [1.54, 1.807) is 6.07 Å². The first-order chi connectivity index (χ1) is 7.58. The van der Waals surface area contributed by atoms with Gasteiger partial charge in [0, 0.05) is 6.42 Å². The van der Waals surface area contributed by atoms with E-state index in [0.717, 1.165) is 7.11 Å². The Labute approximate surface area is 92.6 Å². The molecule has 0 bridgehead atoms. The van der Waals surface area contributed by atoms with Gasteiger partial charge in [-0.25, -0.2) is 4.79 Å². The molecule has 5 heteroatoms. The molecule has 86 valence electrons. The van der Waals surface area contributed by atoms with E-state index in [-0.39, 0.29) is 12.2 Å². The van der Waals surface area contributed by atoms with Crippen LogP contribution in [-0.4, -0.2) is 31.1 Å². The average Bonchev–Trinajstić information content (AvgIpc) is 2.28. The summed E-state index contributed by atoms with van der Waals surface area (Å²) in [5, 5.41) is 9.45. The van der Waals surface area contributed by atoms with Crippen LogP contribution in [0.4, 0.5) is 0 Å². The van der Waals surface area contributed by atoms with E-state index in [2.05, 4.69) is 4.74 Å². The summed E-state index contributed by atoms with van der Waals surface area (Å²) in [6.45, 7) is 0. The summed E-state index contributed by atoms with van der Waals surface area (Å²) >= 11 is 0. The van der Waals surface area contributed by atoms with Crippen LogP contribution in [0.5, 0.6) is 11.5 Å². The number of carbonyl (C=O) groups is 2. The van der Waals surface area contributed by atoms with Crippen LogP contribution in [0, 0.1) is 0 Å². The molecule has 1 N–H and O–H groups in total. The molecule has 0 unspecified atom stereocenters. The van der Waals surface area contributed by atoms with Gasteiger partial charge in [-0.15, -0.1) is 0 Å². The van der Waals surface area contributed by atoms with Gasteiger partial charge in [0.25, 0.3) is 0 Å². The average molecular weight is 224 g/mol. The van der Waals surface area contributed by atoms with Gasteiger partial charge in [0.15, 0.2) is 11.5 Å². The highest BCUT2D eigenvalue weighted by Gasteiger charge is 2.15. The minimum Gasteiger partial charge on any atom is -0.504 e. The zero-order chi connectivity index (χ0) is 12.1. The molecule has 0 heterocycles. The van der Waals surface area contributed by atoms with Gasteiger partial charge in [0.2, 0.25) is 5.78 Å². The molecule has 1 rings (SSSR count). The largest absolute Gasteiger partial charge is 0.504 e. The third-order valence-electron chi connectivity index (χ3n) is 2.02. The molecule has 0 fully saturated rings. The molecule has 0 atom stereocenters. The molecule has 0 radical (unpaired) electrons. The number of methoxy groups -OCH3 is 2. The maximum absolute atomic E-state index is 11.2. The Bertz CT molecular complexity index is 411. The predicted octanol–water partition coefficient (Wildman–Crippen LogP) is 0.685. The van der Waals surface area contributed by atoms with Crippen molar-refractivity contribution in [2.75, 3.05) is 14.2 Å². The van der Waals surface area contributed by atoms with Crippen LogP contribution >= 0.6 is 0 Å². The lowest BCUT2D eigenvalue weighted by Crippen LogP contribution is -2.17. The van der Waals surface area contributed by atoms with Crippen LogP contribution < -0.4 is 4.74 Å². The van der Waals surface area contributed by atoms with Crippen molar-refractivity contribution in [1.29, 1.82) is 0 Å². The predicted molar refractivity (Wildman–Crippen MR) is 55.4 cm³/mol. The molecule has 0 amide bonds. The first-order valence-corrected chi connectivity index (χ1v) is 4.55. The van der Waals surface area contributed by atoms with Crippen molar-refractivity contribution in [3.8, 4) is 11.5 Å². The second-order valence-corrected chi connectivity index (χ2v) is 3.10. The monoisotopic (exact) mass is 224 g/mol. The summed E-state index contributed by atoms with van der Waals surface area (Å²) in [6.07, 6.45) is -0.107. The molecule has 0 aromatic heterocycles. The Morgan fingerprint density at radius 1 is 1.31 bits per heavy atom. The topological polar surface area (TPSA) is 72.8 Å². The van der Waals surface area contributed by atoms with Crippen molar-refractivity contribution < 1.29 is 24.2 Å². The van der Waals surface area contributed by atoms with E-state index in [1.165, 1.54) is 19.2 Å². The summed E-state index contributed by atoms with van der Waals surface area (Å²) in [5.74, 6) is -1.31. The van der Waals surface area contributed by atoms with Crippen LogP contribution in [0.2, 0.25) is 0 Å². The van der Waals surface area contributed by atoms with Gasteiger partial charge >= 0.3 is 5.97 Å². The van der Waals surface area contributed by atoms with Gasteiger partial charge in [-0.05, 0) is 17.7 Å². The first-order valence-electron chi connectivity index (χ1n) is 4.55. The van der Waals surface area contributed by atoms with E-state index in [4.69, 9.17) is 4.74 Å². The number of aromatic hydroxyl groups is 1. The zero-order valence-corrected chi connectivity index (χ0v) is 9.02. The van der Waals surface area contributed by atoms with Gasteiger partial charge < -0.3 is 14.6 Å². The Morgan fingerprint density at radius 3 is 2.50 bits per heavy atom. The molecule has 5 nitrogen and oxygen atoms in total. The number of hydrogen-bond acceptors (Lipinski definition) is 5. The number of hydrogen-bond donors (Lipinski definition) is 1. The van der Waals surface area contributed by atoms with E-state index in [9.17, 15) is 14.7 Å². The molecule has 0 aliphatic heterocycles. The minimum atomic E-state index is -0.893. The fourth-order valence-corrected chi connectivity index (χ4v) is 1.22. The van der Waals surface area contributed by atoms with Crippen LogP contribution in [-0.2, 0) is 20.7 Å². The van der Waals surface area contributed by atoms with Crippen LogP contribution in [0.15, 0.2) is 18.2 Å². The van der Waals surface area contributed by atoms with Gasteiger partial charge in [0.05, 0.1) is 14.2 Å². The lowest BCUT2D eigenvalue weighted by molar-refractivity contribution is -0.151. The highest BCUT2D eigenvalue weighted by Crippen LogP contribution is 2.26. The summed E-state index contributed by atoms with van der Waals surface area (Å²) in [5.41, 5.74) is 0.522. The van der Waals surface area contributed by atoms with Gasteiger partial charge in [0.1, 0.15) is 0 Å². The highest BCUT2D eigenvalue weighted by atomic mass is 16.5. The molecule has 0 aliphatic carbocycles. The number of rotatable bonds is 4. The Balaban J connectivity index is 2.79. The number of esters is 1. The highest BCUT2D eigenvalue weighted by molar-refractivity contribution is 6.34. The second kappa shape index (κ2) is 5.16. The van der Waals surface area contributed by atoms with Gasteiger partial charge in [-0.2, -0.15) is 0 Å². The van der Waals surface area contributed by atoms with E-state index < -0.39 is 11.8 Å². The fraction of sp³-hybridized carbons (Fsp3) is 0.273. The van der Waals surface area contributed by atoms with Crippen molar-refractivity contribution in [3.05, 3.63) is 23.8 Å². The molecular weight excluding hydrogens is 212 g/mol. The third-order valence-corrected chi connectivity index (χ3v) is 2.02. The standard InChI is InChI=1S/C11H12O5/c1-15-10-4-3-7(5-8(10)12)6-9(13)11(14)16-2/h3-5,12H,6H2,1-2H3. The smallest absolute Gasteiger partial charge is 0.374 e. The van der Waals surface area contributed by atoms with Crippen LogP contribution in [0.3, 0.4) is 0 Å². The third kappa shape index (κ3) is 2.73. The van der Waals surface area contributed by atoms with Crippen LogP contribution in [0.25, 0.3) is 0 Å². The normalized spacial score (nSPS) is 9.62. The number of ether oxygens (including phenoxy) is 2. The van der Waals surface area contributed by atoms with Crippen molar-refractivity contribution in [3.63, 3.8) is 0 Å². The Morgan fingerprint density at radius 2 is 2.00 bits per heavy atom. The molecule has 0 spiro atoms.